The van der Waals surface area contributed by atoms with Crippen molar-refractivity contribution in [2.45, 2.75) is 18.5 Å². The number of nitrogens with zero attached hydrogens (tertiary/aromatic N) is 2. The molecule has 7 heteroatoms. The van der Waals surface area contributed by atoms with Crippen LogP contribution in [0.4, 0.5) is 9.93 Å². The SMILES string of the molecule is CNC(=O)N(C)c1nc2c(s1)[C@@H]1COC[C@H](C2)N1. The van der Waals surface area contributed by atoms with Crippen LogP contribution in [0.1, 0.15) is 16.6 Å². The van der Waals surface area contributed by atoms with Crippen LogP contribution in [0.2, 0.25) is 0 Å². The molecule has 1 saturated heterocycles. The maximum atomic E-state index is 11.6. The Labute approximate surface area is 109 Å². The van der Waals surface area contributed by atoms with Gasteiger partial charge in [-0.15, -0.1) is 0 Å². The normalized spacial score (nSPS) is 25.4. The van der Waals surface area contributed by atoms with Gasteiger partial charge < -0.3 is 15.4 Å². The summed E-state index contributed by atoms with van der Waals surface area (Å²) in [5, 5.41) is 6.88. The minimum absolute atomic E-state index is 0.145. The van der Waals surface area contributed by atoms with Gasteiger partial charge in [0.15, 0.2) is 5.13 Å². The van der Waals surface area contributed by atoms with Crippen LogP contribution in [0.15, 0.2) is 0 Å². The van der Waals surface area contributed by atoms with Gasteiger partial charge in [-0.3, -0.25) is 4.90 Å². The lowest BCUT2D eigenvalue weighted by molar-refractivity contribution is 0.0395. The van der Waals surface area contributed by atoms with Crippen molar-refractivity contribution in [3.8, 4) is 0 Å². The van der Waals surface area contributed by atoms with Crippen molar-refractivity contribution in [2.24, 2.45) is 0 Å². The van der Waals surface area contributed by atoms with Crippen LogP contribution < -0.4 is 15.5 Å². The molecule has 2 aliphatic rings. The number of morpholine rings is 1. The topological polar surface area (TPSA) is 66.5 Å². The number of anilines is 1. The molecule has 18 heavy (non-hydrogen) atoms. The molecule has 1 fully saturated rings. The number of hydrogen-bond acceptors (Lipinski definition) is 5. The monoisotopic (exact) mass is 268 g/mol. The van der Waals surface area contributed by atoms with E-state index in [0.29, 0.717) is 12.6 Å². The quantitative estimate of drug-likeness (QED) is 0.778. The Kier molecular flexibility index (Phi) is 2.96. The van der Waals surface area contributed by atoms with Crippen molar-refractivity contribution < 1.29 is 9.53 Å². The van der Waals surface area contributed by atoms with E-state index in [1.54, 1.807) is 30.3 Å². The van der Waals surface area contributed by atoms with Gasteiger partial charge in [-0.1, -0.05) is 11.3 Å². The third-order valence-corrected chi connectivity index (χ3v) is 4.61. The number of ether oxygens (including phenoxy) is 1. The Morgan fingerprint density at radius 1 is 1.61 bits per heavy atom. The van der Waals surface area contributed by atoms with Gasteiger partial charge in [0, 0.05) is 31.4 Å². The Hall–Kier alpha value is -1.18. The number of nitrogens with one attached hydrogen (secondary N) is 2. The van der Waals surface area contributed by atoms with Crippen molar-refractivity contribution >= 4 is 22.5 Å². The summed E-state index contributed by atoms with van der Waals surface area (Å²) in [4.78, 5) is 18.9. The lowest BCUT2D eigenvalue weighted by atomic mass is 10.0. The fourth-order valence-electron chi connectivity index (χ4n) is 2.38. The zero-order valence-electron chi connectivity index (χ0n) is 10.4. The molecular formula is C11H16N4O2S. The van der Waals surface area contributed by atoms with Gasteiger partial charge in [0.25, 0.3) is 0 Å². The van der Waals surface area contributed by atoms with Gasteiger partial charge in [-0.05, 0) is 0 Å². The van der Waals surface area contributed by atoms with Crippen LogP contribution in [0, 0.1) is 0 Å². The average Bonchev–Trinajstić information content (AvgIpc) is 2.81. The molecule has 3 heterocycles. The van der Waals surface area contributed by atoms with E-state index in [9.17, 15) is 4.79 Å². The number of fused-ring (bicyclic) bond motifs is 4. The van der Waals surface area contributed by atoms with Crippen LogP contribution in [0.3, 0.4) is 0 Å². The van der Waals surface area contributed by atoms with E-state index < -0.39 is 0 Å². The Morgan fingerprint density at radius 3 is 3.22 bits per heavy atom. The smallest absolute Gasteiger partial charge is 0.323 e. The predicted molar refractivity (Wildman–Crippen MR) is 69.2 cm³/mol. The first kappa shape index (κ1) is 11.9. The van der Waals surface area contributed by atoms with Crippen LogP contribution in [-0.4, -0.2) is 44.4 Å². The molecule has 6 nitrogen and oxygen atoms in total. The Bertz CT molecular complexity index is 476. The Balaban J connectivity index is 1.90. The van der Waals surface area contributed by atoms with Crippen molar-refractivity contribution in [1.29, 1.82) is 0 Å². The molecule has 0 spiro atoms. The number of rotatable bonds is 1. The number of carbonyl (C=O) groups excluding carboxylic acids is 1. The first-order valence-electron chi connectivity index (χ1n) is 5.98. The first-order chi connectivity index (χ1) is 8.69. The molecule has 0 aliphatic carbocycles. The largest absolute Gasteiger partial charge is 0.378 e. The van der Waals surface area contributed by atoms with Gasteiger partial charge in [0.2, 0.25) is 0 Å². The van der Waals surface area contributed by atoms with Gasteiger partial charge in [-0.25, -0.2) is 9.78 Å². The third kappa shape index (κ3) is 1.88. The van der Waals surface area contributed by atoms with Gasteiger partial charge >= 0.3 is 6.03 Å². The van der Waals surface area contributed by atoms with E-state index in [1.807, 2.05) is 0 Å². The van der Waals surface area contributed by atoms with Crippen LogP contribution in [0.25, 0.3) is 0 Å². The van der Waals surface area contributed by atoms with Gasteiger partial charge in [0.05, 0.1) is 24.9 Å². The number of aromatic nitrogens is 1. The zero-order chi connectivity index (χ0) is 12.7. The van der Waals surface area contributed by atoms with E-state index in [0.717, 1.165) is 23.9 Å². The highest BCUT2D eigenvalue weighted by Gasteiger charge is 2.34. The van der Waals surface area contributed by atoms with Gasteiger partial charge in [0.1, 0.15) is 0 Å². The molecule has 2 atom stereocenters. The summed E-state index contributed by atoms with van der Waals surface area (Å²) in [7, 11) is 3.36. The van der Waals surface area contributed by atoms with E-state index in [4.69, 9.17) is 4.74 Å². The molecule has 1 aromatic rings. The molecule has 98 valence electrons. The van der Waals surface area contributed by atoms with Gasteiger partial charge in [-0.2, -0.15) is 0 Å². The van der Waals surface area contributed by atoms with Crippen LogP contribution in [-0.2, 0) is 11.2 Å². The van der Waals surface area contributed by atoms with E-state index in [1.165, 1.54) is 4.88 Å². The third-order valence-electron chi connectivity index (χ3n) is 3.32. The molecule has 3 rings (SSSR count). The van der Waals surface area contributed by atoms with E-state index in [-0.39, 0.29) is 12.1 Å². The predicted octanol–water partition coefficient (Wildman–Crippen LogP) is 0.504. The average molecular weight is 268 g/mol. The molecule has 0 radical (unpaired) electrons. The minimum atomic E-state index is -0.145. The summed E-state index contributed by atoms with van der Waals surface area (Å²) in [5.74, 6) is 0. The highest BCUT2D eigenvalue weighted by molar-refractivity contribution is 7.16. The summed E-state index contributed by atoms with van der Waals surface area (Å²) >= 11 is 1.57. The molecule has 2 amide bonds. The summed E-state index contributed by atoms with van der Waals surface area (Å²) in [6.45, 7) is 1.43. The van der Waals surface area contributed by atoms with Crippen LogP contribution in [0.5, 0.6) is 0 Å². The second kappa shape index (κ2) is 4.49. The number of urea groups is 1. The molecule has 0 unspecified atom stereocenters. The fraction of sp³-hybridized carbons (Fsp3) is 0.636. The molecule has 1 aromatic heterocycles. The van der Waals surface area contributed by atoms with Crippen molar-refractivity contribution in [3.63, 3.8) is 0 Å². The maximum Gasteiger partial charge on any atom is 0.323 e. The number of carbonyl (C=O) groups is 1. The molecule has 2 N–H and O–H groups in total. The number of thiazole rings is 1. The first-order valence-corrected chi connectivity index (χ1v) is 6.79. The lowest BCUT2D eigenvalue weighted by Crippen LogP contribution is -2.48. The van der Waals surface area contributed by atoms with Crippen molar-refractivity contribution in [1.82, 2.24) is 15.6 Å². The number of amides is 2. The highest BCUT2D eigenvalue weighted by atomic mass is 32.1. The van der Waals surface area contributed by atoms with E-state index >= 15 is 0 Å². The fourth-order valence-corrected chi connectivity index (χ4v) is 3.48. The standard InChI is InChI=1S/C11H16N4O2S/c1-12-10(16)15(2)11-14-7-3-6-4-17-5-8(13-6)9(7)18-11/h6,8,13H,3-5H2,1-2H3,(H,12,16)/t6-,8-/m0/s1. The summed E-state index contributed by atoms with van der Waals surface area (Å²) < 4.78 is 5.56. The van der Waals surface area contributed by atoms with Crippen LogP contribution >= 0.6 is 11.3 Å². The number of hydrogen-bond donors (Lipinski definition) is 2. The Morgan fingerprint density at radius 2 is 2.44 bits per heavy atom. The summed E-state index contributed by atoms with van der Waals surface area (Å²) in [6.07, 6.45) is 0.879. The molecule has 2 bridgehead atoms. The molecule has 2 aliphatic heterocycles. The maximum absolute atomic E-state index is 11.6. The molecule has 0 saturated carbocycles. The summed E-state index contributed by atoms with van der Waals surface area (Å²) in [6, 6.07) is 0.446. The highest BCUT2D eigenvalue weighted by Crippen LogP contribution is 2.36. The molecular weight excluding hydrogens is 252 g/mol. The van der Waals surface area contributed by atoms with Crippen molar-refractivity contribution in [3.05, 3.63) is 10.6 Å². The van der Waals surface area contributed by atoms with E-state index in [2.05, 4.69) is 15.6 Å². The molecule has 0 aromatic carbocycles. The second-order valence-corrected chi connectivity index (χ2v) is 5.59. The zero-order valence-corrected chi connectivity index (χ0v) is 11.2. The summed E-state index contributed by atoms with van der Waals surface area (Å²) in [5.41, 5.74) is 1.11. The minimum Gasteiger partial charge on any atom is -0.378 e. The second-order valence-electron chi connectivity index (χ2n) is 4.58. The lowest BCUT2D eigenvalue weighted by Gasteiger charge is -2.34. The van der Waals surface area contributed by atoms with Crippen molar-refractivity contribution in [2.75, 3.05) is 32.2 Å².